The molecule has 0 saturated carbocycles. The molecule has 106 valence electrons. The zero-order valence-electron chi connectivity index (χ0n) is 11.9. The van der Waals surface area contributed by atoms with E-state index in [2.05, 4.69) is 28.2 Å². The zero-order chi connectivity index (χ0) is 14.5. The van der Waals surface area contributed by atoms with E-state index in [0.29, 0.717) is 6.54 Å². The third-order valence-electron chi connectivity index (χ3n) is 3.92. The number of amides is 1. The fraction of sp³-hybridized carbons (Fsp3) is 0.533. The van der Waals surface area contributed by atoms with Gasteiger partial charge in [0.2, 0.25) is 5.91 Å². The van der Waals surface area contributed by atoms with E-state index in [1.165, 1.54) is 0 Å². The van der Waals surface area contributed by atoms with Crippen LogP contribution in [0.3, 0.4) is 0 Å². The largest absolute Gasteiger partial charge is 0.329 e. The summed E-state index contributed by atoms with van der Waals surface area (Å²) in [5, 5.41) is 3.04. The van der Waals surface area contributed by atoms with Crippen molar-refractivity contribution in [2.24, 2.45) is 11.1 Å². The molecule has 0 saturated heterocycles. The van der Waals surface area contributed by atoms with E-state index in [-0.39, 0.29) is 5.91 Å². The van der Waals surface area contributed by atoms with Crippen LogP contribution in [0, 0.1) is 5.41 Å². The quantitative estimate of drug-likeness (QED) is 0.837. The van der Waals surface area contributed by atoms with Crippen molar-refractivity contribution in [3.63, 3.8) is 0 Å². The molecule has 1 aromatic carbocycles. The normalized spacial score (nSPS) is 11.4. The van der Waals surface area contributed by atoms with Crippen LogP contribution in [0.2, 0.25) is 0 Å². The van der Waals surface area contributed by atoms with Crippen LogP contribution < -0.4 is 11.1 Å². The van der Waals surface area contributed by atoms with E-state index in [0.717, 1.165) is 35.0 Å². The first-order chi connectivity index (χ1) is 9.02. The van der Waals surface area contributed by atoms with Gasteiger partial charge in [0.25, 0.3) is 0 Å². The van der Waals surface area contributed by atoms with Crippen LogP contribution in [0.5, 0.6) is 0 Å². The molecule has 0 aromatic heterocycles. The third kappa shape index (κ3) is 3.57. The second-order valence-corrected chi connectivity index (χ2v) is 5.72. The molecule has 0 heterocycles. The van der Waals surface area contributed by atoms with Crippen molar-refractivity contribution in [2.75, 3.05) is 11.9 Å². The average Bonchev–Trinajstić information content (AvgIpc) is 2.43. The Hall–Kier alpha value is -0.870. The van der Waals surface area contributed by atoms with Crippen molar-refractivity contribution >= 4 is 27.5 Å². The van der Waals surface area contributed by atoms with Crippen LogP contribution in [0.15, 0.2) is 22.7 Å². The Balaban J connectivity index is 2.99. The van der Waals surface area contributed by atoms with Gasteiger partial charge in [-0.25, -0.2) is 0 Å². The Morgan fingerprint density at radius 3 is 2.42 bits per heavy atom. The van der Waals surface area contributed by atoms with Gasteiger partial charge < -0.3 is 11.1 Å². The second kappa shape index (κ2) is 7.06. The molecule has 3 N–H and O–H groups in total. The van der Waals surface area contributed by atoms with Crippen molar-refractivity contribution < 1.29 is 4.79 Å². The Morgan fingerprint density at radius 2 is 1.95 bits per heavy atom. The van der Waals surface area contributed by atoms with E-state index in [9.17, 15) is 4.79 Å². The molecular weight excluding hydrogens is 304 g/mol. The number of nitrogens with one attached hydrogen (secondary N) is 1. The van der Waals surface area contributed by atoms with Crippen molar-refractivity contribution in [3.05, 3.63) is 28.2 Å². The monoisotopic (exact) mass is 326 g/mol. The highest BCUT2D eigenvalue weighted by atomic mass is 79.9. The highest BCUT2D eigenvalue weighted by Gasteiger charge is 2.33. The fourth-order valence-electron chi connectivity index (χ4n) is 2.18. The number of hydrogen-bond acceptors (Lipinski definition) is 2. The predicted octanol–water partition coefficient (Wildman–Crippen LogP) is 3.72. The maximum atomic E-state index is 12.5. The van der Waals surface area contributed by atoms with Gasteiger partial charge in [-0.05, 0) is 43.0 Å². The van der Waals surface area contributed by atoms with Crippen LogP contribution in [0.25, 0.3) is 0 Å². The molecule has 0 spiro atoms. The predicted molar refractivity (Wildman–Crippen MR) is 84.2 cm³/mol. The van der Waals surface area contributed by atoms with Crippen LogP contribution in [0.4, 0.5) is 5.69 Å². The van der Waals surface area contributed by atoms with E-state index >= 15 is 0 Å². The van der Waals surface area contributed by atoms with Crippen molar-refractivity contribution in [1.29, 1.82) is 0 Å². The first kappa shape index (κ1) is 16.2. The minimum absolute atomic E-state index is 0.0250. The molecule has 1 amide bonds. The van der Waals surface area contributed by atoms with Crippen molar-refractivity contribution in [1.82, 2.24) is 0 Å². The van der Waals surface area contributed by atoms with Crippen LogP contribution in [-0.4, -0.2) is 12.5 Å². The Morgan fingerprint density at radius 1 is 1.32 bits per heavy atom. The van der Waals surface area contributed by atoms with Crippen molar-refractivity contribution in [3.8, 4) is 0 Å². The molecule has 1 rings (SSSR count). The Labute approximate surface area is 124 Å². The number of carbonyl (C=O) groups is 1. The molecule has 19 heavy (non-hydrogen) atoms. The summed E-state index contributed by atoms with van der Waals surface area (Å²) in [4.78, 5) is 12.5. The van der Waals surface area contributed by atoms with Crippen LogP contribution >= 0.6 is 15.9 Å². The number of halogens is 1. The molecule has 0 aliphatic rings. The highest BCUT2D eigenvalue weighted by Crippen LogP contribution is 2.29. The summed E-state index contributed by atoms with van der Waals surface area (Å²) in [5.41, 5.74) is 7.36. The molecule has 0 aliphatic carbocycles. The average molecular weight is 327 g/mol. The molecule has 1 aromatic rings. The number of anilines is 1. The first-order valence-electron chi connectivity index (χ1n) is 6.82. The van der Waals surface area contributed by atoms with Crippen LogP contribution in [0.1, 0.15) is 39.2 Å². The highest BCUT2D eigenvalue weighted by molar-refractivity contribution is 9.10. The summed E-state index contributed by atoms with van der Waals surface area (Å²) in [6.07, 6.45) is 2.39. The van der Waals surface area contributed by atoms with Crippen molar-refractivity contribution in [2.45, 2.75) is 40.0 Å². The van der Waals surface area contributed by atoms with Gasteiger partial charge in [0.1, 0.15) is 0 Å². The molecule has 0 bridgehead atoms. The maximum absolute atomic E-state index is 12.5. The van der Waals surface area contributed by atoms with Gasteiger partial charge in [-0.1, -0.05) is 36.7 Å². The van der Waals surface area contributed by atoms with Gasteiger partial charge in [0.15, 0.2) is 0 Å². The number of nitrogens with two attached hydrogens (primary N) is 1. The Bertz CT molecular complexity index is 434. The fourth-order valence-corrected chi connectivity index (χ4v) is 2.59. The summed E-state index contributed by atoms with van der Waals surface area (Å²) < 4.78 is 1.03. The number of benzene rings is 1. The lowest BCUT2D eigenvalue weighted by molar-refractivity contribution is -0.125. The van der Waals surface area contributed by atoms with Gasteiger partial charge in [-0.2, -0.15) is 0 Å². The van der Waals surface area contributed by atoms with Crippen LogP contribution in [-0.2, 0) is 11.2 Å². The second-order valence-electron chi connectivity index (χ2n) is 4.80. The number of hydrogen-bond donors (Lipinski definition) is 2. The van der Waals surface area contributed by atoms with Gasteiger partial charge in [-0.15, -0.1) is 0 Å². The lowest BCUT2D eigenvalue weighted by Gasteiger charge is -2.29. The SMILES string of the molecule is CCc1cc(Br)ccc1NC(=O)C(CC)(CC)CN. The number of carbonyl (C=O) groups excluding carboxylic acids is 1. The van der Waals surface area contributed by atoms with Gasteiger partial charge in [0, 0.05) is 16.7 Å². The van der Waals surface area contributed by atoms with Gasteiger partial charge >= 0.3 is 0 Å². The standard InChI is InChI=1S/C15H23BrN2O/c1-4-11-9-12(16)7-8-13(11)18-14(19)15(5-2,6-3)10-17/h7-9H,4-6,10,17H2,1-3H3,(H,18,19). The van der Waals surface area contributed by atoms with Gasteiger partial charge in [-0.3, -0.25) is 4.79 Å². The van der Waals surface area contributed by atoms with E-state index in [4.69, 9.17) is 5.73 Å². The Kier molecular flexibility index (Phi) is 6.01. The zero-order valence-corrected chi connectivity index (χ0v) is 13.5. The third-order valence-corrected chi connectivity index (χ3v) is 4.42. The molecule has 0 radical (unpaired) electrons. The maximum Gasteiger partial charge on any atom is 0.231 e. The summed E-state index contributed by atoms with van der Waals surface area (Å²) in [6.45, 7) is 6.48. The lowest BCUT2D eigenvalue weighted by atomic mass is 9.81. The van der Waals surface area contributed by atoms with Gasteiger partial charge in [0.05, 0.1) is 5.41 Å². The lowest BCUT2D eigenvalue weighted by Crippen LogP contribution is -2.41. The molecule has 3 nitrogen and oxygen atoms in total. The number of rotatable bonds is 6. The summed E-state index contributed by atoms with van der Waals surface area (Å²) in [7, 11) is 0. The minimum Gasteiger partial charge on any atom is -0.329 e. The van der Waals surface area contributed by atoms with E-state index in [1.807, 2.05) is 32.0 Å². The molecule has 0 atom stereocenters. The molecule has 0 aliphatic heterocycles. The minimum atomic E-state index is -0.460. The molecular formula is C15H23BrN2O. The molecule has 4 heteroatoms. The van der Waals surface area contributed by atoms with E-state index < -0.39 is 5.41 Å². The topological polar surface area (TPSA) is 55.1 Å². The smallest absolute Gasteiger partial charge is 0.231 e. The van der Waals surface area contributed by atoms with E-state index in [1.54, 1.807) is 0 Å². The molecule has 0 fully saturated rings. The number of aryl methyl sites for hydroxylation is 1. The summed E-state index contributed by atoms with van der Waals surface area (Å²) in [5.74, 6) is 0.0250. The first-order valence-corrected chi connectivity index (χ1v) is 7.62. The summed E-state index contributed by atoms with van der Waals surface area (Å²) >= 11 is 3.45. The summed E-state index contributed by atoms with van der Waals surface area (Å²) in [6, 6.07) is 5.92. The molecule has 0 unspecified atom stereocenters.